The van der Waals surface area contributed by atoms with Crippen LogP contribution in [0.15, 0.2) is 0 Å². The Morgan fingerprint density at radius 3 is 2.24 bits per heavy atom. The van der Waals surface area contributed by atoms with Gasteiger partial charge in [-0.3, -0.25) is 9.59 Å². The molecule has 1 saturated carbocycles. The van der Waals surface area contributed by atoms with Crippen LogP contribution in [-0.2, 0) is 9.59 Å². The summed E-state index contributed by atoms with van der Waals surface area (Å²) in [5.41, 5.74) is -2.23. The zero-order chi connectivity index (χ0) is 15.9. The number of nitrogens with one attached hydrogen (secondary N) is 1. The Morgan fingerprint density at radius 1 is 1.14 bits per heavy atom. The van der Waals surface area contributed by atoms with E-state index in [2.05, 4.69) is 5.32 Å². The highest BCUT2D eigenvalue weighted by Crippen LogP contribution is 2.36. The molecule has 21 heavy (non-hydrogen) atoms. The Bertz CT molecular complexity index is 440. The lowest BCUT2D eigenvalue weighted by molar-refractivity contribution is -0.169. The van der Waals surface area contributed by atoms with Crippen molar-refractivity contribution < 1.29 is 22.8 Å². The molecule has 0 aromatic carbocycles. The maximum Gasteiger partial charge on any atom is 0.390 e. The van der Waals surface area contributed by atoms with Gasteiger partial charge < -0.3 is 10.2 Å². The fraction of sp³-hybridized carbons (Fsp3) is 0.857. The quantitative estimate of drug-likeness (QED) is 0.851. The summed E-state index contributed by atoms with van der Waals surface area (Å²) in [5.74, 6) is -0.734. The SMILES string of the molecule is CC1(C)C(=O)NC2(CCCCC2)C(=O)N1CCC(F)(F)F. The van der Waals surface area contributed by atoms with Crippen LogP contribution in [0.1, 0.15) is 52.4 Å². The molecule has 4 nitrogen and oxygen atoms in total. The first kappa shape index (κ1) is 16.1. The van der Waals surface area contributed by atoms with E-state index in [4.69, 9.17) is 0 Å². The van der Waals surface area contributed by atoms with Crippen molar-refractivity contribution in [1.29, 1.82) is 0 Å². The Balaban J connectivity index is 2.25. The Kier molecular flexibility index (Phi) is 3.97. The van der Waals surface area contributed by atoms with Gasteiger partial charge in [-0.2, -0.15) is 13.2 Å². The number of nitrogens with zero attached hydrogens (tertiary/aromatic N) is 1. The van der Waals surface area contributed by atoms with Crippen molar-refractivity contribution in [3.05, 3.63) is 0 Å². The van der Waals surface area contributed by atoms with E-state index in [0.717, 1.165) is 24.2 Å². The number of amides is 2. The summed E-state index contributed by atoms with van der Waals surface area (Å²) >= 11 is 0. The zero-order valence-electron chi connectivity index (χ0n) is 12.3. The van der Waals surface area contributed by atoms with Gasteiger partial charge in [0.2, 0.25) is 11.8 Å². The minimum Gasteiger partial charge on any atom is -0.340 e. The predicted molar refractivity (Wildman–Crippen MR) is 70.4 cm³/mol. The molecule has 1 heterocycles. The number of alkyl halides is 3. The molecule has 0 atom stereocenters. The number of carbonyl (C=O) groups excluding carboxylic acids is 2. The van der Waals surface area contributed by atoms with Gasteiger partial charge in [-0.25, -0.2) is 0 Å². The average Bonchev–Trinajstić information content (AvgIpc) is 2.36. The normalized spacial score (nSPS) is 25.1. The van der Waals surface area contributed by atoms with Crippen molar-refractivity contribution in [3.63, 3.8) is 0 Å². The number of piperazine rings is 1. The zero-order valence-corrected chi connectivity index (χ0v) is 12.3. The molecule has 1 aliphatic carbocycles. The van der Waals surface area contributed by atoms with Crippen LogP contribution < -0.4 is 5.32 Å². The topological polar surface area (TPSA) is 49.4 Å². The molecule has 0 bridgehead atoms. The van der Waals surface area contributed by atoms with Crippen LogP contribution in [-0.4, -0.2) is 40.5 Å². The molecular formula is C14H21F3N2O2. The molecule has 7 heteroatoms. The summed E-state index contributed by atoms with van der Waals surface area (Å²) in [6.07, 6.45) is -1.82. The lowest BCUT2D eigenvalue weighted by atomic mass is 9.76. The predicted octanol–water partition coefficient (Wildman–Crippen LogP) is 2.38. The molecule has 120 valence electrons. The molecular weight excluding hydrogens is 285 g/mol. The fourth-order valence-corrected chi connectivity index (χ4v) is 3.17. The molecule has 2 amide bonds. The summed E-state index contributed by atoms with van der Waals surface area (Å²) in [4.78, 5) is 26.1. The van der Waals surface area contributed by atoms with Crippen LogP contribution in [0.2, 0.25) is 0 Å². The van der Waals surface area contributed by atoms with Crippen LogP contribution in [0.5, 0.6) is 0 Å². The third kappa shape index (κ3) is 3.01. The fourth-order valence-electron chi connectivity index (χ4n) is 3.17. The van der Waals surface area contributed by atoms with Crippen molar-refractivity contribution in [1.82, 2.24) is 10.2 Å². The van der Waals surface area contributed by atoms with E-state index in [1.54, 1.807) is 0 Å². The molecule has 1 spiro atoms. The first-order valence-corrected chi connectivity index (χ1v) is 7.30. The summed E-state index contributed by atoms with van der Waals surface area (Å²) < 4.78 is 37.4. The minimum atomic E-state index is -4.34. The smallest absolute Gasteiger partial charge is 0.340 e. The van der Waals surface area contributed by atoms with Gasteiger partial charge in [-0.15, -0.1) is 0 Å². The lowest BCUT2D eigenvalue weighted by Crippen LogP contribution is -2.74. The molecule has 2 rings (SSSR count). The summed E-state index contributed by atoms with van der Waals surface area (Å²) in [6.45, 7) is 2.52. The second-order valence-electron chi connectivity index (χ2n) is 6.48. The van der Waals surface area contributed by atoms with E-state index >= 15 is 0 Å². The number of hydrogen-bond acceptors (Lipinski definition) is 2. The molecule has 2 fully saturated rings. The highest BCUT2D eigenvalue weighted by atomic mass is 19.4. The van der Waals surface area contributed by atoms with E-state index < -0.39 is 30.2 Å². The Morgan fingerprint density at radius 2 is 1.71 bits per heavy atom. The first-order valence-electron chi connectivity index (χ1n) is 7.30. The molecule has 0 radical (unpaired) electrons. The van der Waals surface area contributed by atoms with Gasteiger partial charge in [0.1, 0.15) is 11.1 Å². The van der Waals surface area contributed by atoms with Gasteiger partial charge in [-0.05, 0) is 26.7 Å². The van der Waals surface area contributed by atoms with Crippen molar-refractivity contribution in [2.24, 2.45) is 0 Å². The Labute approximate surface area is 122 Å². The maximum absolute atomic E-state index is 12.7. The third-order valence-corrected chi connectivity index (χ3v) is 4.56. The monoisotopic (exact) mass is 306 g/mol. The number of halogens is 3. The molecule has 0 aromatic rings. The summed E-state index contributed by atoms with van der Waals surface area (Å²) in [7, 11) is 0. The number of rotatable bonds is 2. The van der Waals surface area contributed by atoms with E-state index in [0.29, 0.717) is 12.8 Å². The van der Waals surface area contributed by atoms with E-state index in [1.807, 2.05) is 0 Å². The van der Waals surface area contributed by atoms with E-state index in [-0.39, 0.29) is 11.8 Å². The van der Waals surface area contributed by atoms with Crippen LogP contribution >= 0.6 is 0 Å². The lowest BCUT2D eigenvalue weighted by Gasteiger charge is -2.51. The van der Waals surface area contributed by atoms with Gasteiger partial charge in [-0.1, -0.05) is 19.3 Å². The van der Waals surface area contributed by atoms with Crippen molar-refractivity contribution in [2.75, 3.05) is 6.54 Å². The Hall–Kier alpha value is -1.27. The highest BCUT2D eigenvalue weighted by Gasteiger charge is 2.54. The molecule has 1 aliphatic heterocycles. The highest BCUT2D eigenvalue weighted by molar-refractivity contribution is 6.01. The van der Waals surface area contributed by atoms with Crippen LogP contribution in [0.3, 0.4) is 0 Å². The third-order valence-electron chi connectivity index (χ3n) is 4.56. The minimum absolute atomic E-state index is 0.365. The second kappa shape index (κ2) is 5.18. The van der Waals surface area contributed by atoms with E-state index in [9.17, 15) is 22.8 Å². The molecule has 1 saturated heterocycles. The first-order chi connectivity index (χ1) is 9.58. The van der Waals surface area contributed by atoms with Gasteiger partial charge >= 0.3 is 6.18 Å². The van der Waals surface area contributed by atoms with Crippen LogP contribution in [0.4, 0.5) is 13.2 Å². The van der Waals surface area contributed by atoms with Crippen molar-refractivity contribution in [2.45, 2.75) is 69.6 Å². The summed E-state index contributed by atoms with van der Waals surface area (Å²) in [5, 5.41) is 2.79. The summed E-state index contributed by atoms with van der Waals surface area (Å²) in [6, 6.07) is 0. The number of hydrogen-bond donors (Lipinski definition) is 1. The molecule has 1 N–H and O–H groups in total. The van der Waals surface area contributed by atoms with Gasteiger partial charge in [0, 0.05) is 6.54 Å². The van der Waals surface area contributed by atoms with Gasteiger partial charge in [0.05, 0.1) is 6.42 Å². The average molecular weight is 306 g/mol. The van der Waals surface area contributed by atoms with Crippen molar-refractivity contribution >= 4 is 11.8 Å². The van der Waals surface area contributed by atoms with Crippen molar-refractivity contribution in [3.8, 4) is 0 Å². The molecule has 2 aliphatic rings. The van der Waals surface area contributed by atoms with Crippen LogP contribution in [0, 0.1) is 0 Å². The van der Waals surface area contributed by atoms with E-state index in [1.165, 1.54) is 13.8 Å². The maximum atomic E-state index is 12.7. The standard InChI is InChI=1S/C14H21F3N2O2/c1-12(2)10(20)18-13(6-4-3-5-7-13)11(21)19(12)9-8-14(15,16)17/h3-9H2,1-2H3,(H,18,20). The number of carbonyl (C=O) groups is 2. The van der Waals surface area contributed by atoms with Gasteiger partial charge in [0.25, 0.3) is 0 Å². The van der Waals surface area contributed by atoms with Crippen LogP contribution in [0.25, 0.3) is 0 Å². The second-order valence-corrected chi connectivity index (χ2v) is 6.48. The molecule has 0 unspecified atom stereocenters. The molecule has 0 aromatic heterocycles. The van der Waals surface area contributed by atoms with Gasteiger partial charge in [0.15, 0.2) is 0 Å². The largest absolute Gasteiger partial charge is 0.390 e.